The standard InChI is InChI=1S/C19H25N3O2/c1-16-10-11-22(20-16)15-19(23)21-12-13-24-18(14-21)9-5-8-17-6-3-2-4-7-17/h2-4,6-7,10-11,18H,5,8-9,12-15H2,1H3. The normalized spacial score (nSPS) is 17.9. The Morgan fingerprint density at radius 3 is 2.88 bits per heavy atom. The van der Waals surface area contributed by atoms with E-state index in [2.05, 4.69) is 29.4 Å². The number of carbonyl (C=O) groups is 1. The van der Waals surface area contributed by atoms with Crippen LogP contribution in [0.15, 0.2) is 42.6 Å². The van der Waals surface area contributed by atoms with E-state index in [1.165, 1.54) is 5.56 Å². The van der Waals surface area contributed by atoms with Crippen LogP contribution in [0.1, 0.15) is 24.1 Å². The van der Waals surface area contributed by atoms with Crippen molar-refractivity contribution in [3.8, 4) is 0 Å². The predicted molar refractivity (Wildman–Crippen MR) is 92.7 cm³/mol. The van der Waals surface area contributed by atoms with Crippen molar-refractivity contribution in [1.29, 1.82) is 0 Å². The maximum atomic E-state index is 12.4. The molecule has 24 heavy (non-hydrogen) atoms. The summed E-state index contributed by atoms with van der Waals surface area (Å²) in [6.45, 7) is 4.23. The van der Waals surface area contributed by atoms with Crippen molar-refractivity contribution in [3.63, 3.8) is 0 Å². The van der Waals surface area contributed by atoms with Gasteiger partial charge in [0, 0.05) is 19.3 Å². The number of carbonyl (C=O) groups excluding carboxylic acids is 1. The van der Waals surface area contributed by atoms with Crippen LogP contribution in [0, 0.1) is 6.92 Å². The van der Waals surface area contributed by atoms with Gasteiger partial charge in [-0.05, 0) is 37.8 Å². The zero-order valence-corrected chi connectivity index (χ0v) is 14.2. The molecular formula is C19H25N3O2. The number of amides is 1. The maximum Gasteiger partial charge on any atom is 0.244 e. The van der Waals surface area contributed by atoms with Crippen molar-refractivity contribution in [2.75, 3.05) is 19.7 Å². The monoisotopic (exact) mass is 327 g/mol. The van der Waals surface area contributed by atoms with Crippen LogP contribution in [0.3, 0.4) is 0 Å². The Bertz CT molecular complexity index is 654. The molecule has 1 aliphatic heterocycles. The fourth-order valence-corrected chi connectivity index (χ4v) is 3.09. The molecular weight excluding hydrogens is 302 g/mol. The molecule has 1 amide bonds. The summed E-state index contributed by atoms with van der Waals surface area (Å²) in [5, 5.41) is 4.29. The Balaban J connectivity index is 1.44. The average molecular weight is 327 g/mol. The first-order valence-corrected chi connectivity index (χ1v) is 8.64. The topological polar surface area (TPSA) is 47.4 Å². The van der Waals surface area contributed by atoms with Crippen LogP contribution in [0.4, 0.5) is 0 Å². The molecule has 5 nitrogen and oxygen atoms in total. The van der Waals surface area contributed by atoms with Crippen molar-refractivity contribution >= 4 is 5.91 Å². The molecule has 1 aliphatic rings. The average Bonchev–Trinajstić information content (AvgIpc) is 3.01. The smallest absolute Gasteiger partial charge is 0.244 e. The minimum absolute atomic E-state index is 0.120. The Kier molecular flexibility index (Phi) is 5.64. The highest BCUT2D eigenvalue weighted by molar-refractivity contribution is 5.76. The molecule has 1 fully saturated rings. The van der Waals surface area contributed by atoms with E-state index in [0.29, 0.717) is 26.2 Å². The Morgan fingerprint density at radius 1 is 1.29 bits per heavy atom. The number of aryl methyl sites for hydroxylation is 2. The predicted octanol–water partition coefficient (Wildman–Crippen LogP) is 2.44. The summed E-state index contributed by atoms with van der Waals surface area (Å²) in [5.41, 5.74) is 2.29. The van der Waals surface area contributed by atoms with E-state index in [4.69, 9.17) is 4.74 Å². The van der Waals surface area contributed by atoms with Crippen molar-refractivity contribution < 1.29 is 9.53 Å². The number of morpholine rings is 1. The lowest BCUT2D eigenvalue weighted by molar-refractivity contribution is -0.139. The first kappa shape index (κ1) is 16.7. The molecule has 5 heteroatoms. The number of hydrogen-bond donors (Lipinski definition) is 0. The van der Waals surface area contributed by atoms with E-state index >= 15 is 0 Å². The molecule has 1 aromatic carbocycles. The summed E-state index contributed by atoms with van der Waals surface area (Å²) < 4.78 is 7.54. The van der Waals surface area contributed by atoms with Gasteiger partial charge in [0.2, 0.25) is 5.91 Å². The summed E-state index contributed by atoms with van der Waals surface area (Å²) in [7, 11) is 0. The number of benzene rings is 1. The zero-order valence-electron chi connectivity index (χ0n) is 14.2. The number of ether oxygens (including phenoxy) is 1. The second kappa shape index (κ2) is 8.11. The number of rotatable bonds is 6. The Hall–Kier alpha value is -2.14. The third-order valence-electron chi connectivity index (χ3n) is 4.40. The van der Waals surface area contributed by atoms with Gasteiger partial charge >= 0.3 is 0 Å². The van der Waals surface area contributed by atoms with Gasteiger partial charge in [0.05, 0.1) is 18.4 Å². The van der Waals surface area contributed by atoms with Gasteiger partial charge in [-0.25, -0.2) is 0 Å². The molecule has 128 valence electrons. The van der Waals surface area contributed by atoms with E-state index in [-0.39, 0.29) is 12.0 Å². The van der Waals surface area contributed by atoms with Crippen LogP contribution < -0.4 is 0 Å². The van der Waals surface area contributed by atoms with Gasteiger partial charge in [0.25, 0.3) is 0 Å². The van der Waals surface area contributed by atoms with Crippen LogP contribution in [0.25, 0.3) is 0 Å². The van der Waals surface area contributed by atoms with E-state index in [0.717, 1.165) is 25.0 Å². The van der Waals surface area contributed by atoms with Gasteiger partial charge in [-0.2, -0.15) is 5.10 Å². The lowest BCUT2D eigenvalue weighted by atomic mass is 10.1. The van der Waals surface area contributed by atoms with Crippen LogP contribution in [-0.4, -0.2) is 46.4 Å². The molecule has 1 unspecified atom stereocenters. The number of hydrogen-bond acceptors (Lipinski definition) is 3. The Labute approximate surface area is 143 Å². The molecule has 3 rings (SSSR count). The quantitative estimate of drug-likeness (QED) is 0.819. The highest BCUT2D eigenvalue weighted by Gasteiger charge is 2.24. The van der Waals surface area contributed by atoms with Gasteiger partial charge in [0.1, 0.15) is 6.54 Å². The van der Waals surface area contributed by atoms with Crippen molar-refractivity contribution in [2.24, 2.45) is 0 Å². The highest BCUT2D eigenvalue weighted by atomic mass is 16.5. The van der Waals surface area contributed by atoms with Crippen LogP contribution in [-0.2, 0) is 22.5 Å². The fourth-order valence-electron chi connectivity index (χ4n) is 3.09. The largest absolute Gasteiger partial charge is 0.375 e. The van der Waals surface area contributed by atoms with Crippen molar-refractivity contribution in [2.45, 2.75) is 38.8 Å². The van der Waals surface area contributed by atoms with Gasteiger partial charge in [-0.15, -0.1) is 0 Å². The molecule has 2 aromatic rings. The summed E-state index contributed by atoms with van der Waals surface area (Å²) in [5.74, 6) is 0.120. The summed E-state index contributed by atoms with van der Waals surface area (Å²) in [4.78, 5) is 14.3. The van der Waals surface area contributed by atoms with Crippen LogP contribution in [0.5, 0.6) is 0 Å². The van der Waals surface area contributed by atoms with Crippen molar-refractivity contribution in [1.82, 2.24) is 14.7 Å². The summed E-state index contributed by atoms with van der Waals surface area (Å²) >= 11 is 0. The molecule has 0 spiro atoms. The van der Waals surface area contributed by atoms with E-state index in [1.807, 2.05) is 30.2 Å². The summed E-state index contributed by atoms with van der Waals surface area (Å²) in [6.07, 6.45) is 5.12. The van der Waals surface area contributed by atoms with Crippen LogP contribution in [0.2, 0.25) is 0 Å². The number of aromatic nitrogens is 2. The summed E-state index contributed by atoms with van der Waals surface area (Å²) in [6, 6.07) is 12.4. The second-order valence-corrected chi connectivity index (χ2v) is 6.37. The van der Waals surface area contributed by atoms with E-state index < -0.39 is 0 Å². The Morgan fingerprint density at radius 2 is 2.12 bits per heavy atom. The zero-order chi connectivity index (χ0) is 16.8. The third-order valence-corrected chi connectivity index (χ3v) is 4.40. The molecule has 2 heterocycles. The molecule has 1 aromatic heterocycles. The molecule has 0 aliphatic carbocycles. The molecule has 0 N–H and O–H groups in total. The molecule has 0 bridgehead atoms. The minimum atomic E-state index is 0.120. The SMILES string of the molecule is Cc1ccn(CC(=O)N2CCOC(CCCc3ccccc3)C2)n1. The first-order valence-electron chi connectivity index (χ1n) is 8.64. The maximum absolute atomic E-state index is 12.4. The lowest BCUT2D eigenvalue weighted by Crippen LogP contribution is -2.46. The number of nitrogens with zero attached hydrogens (tertiary/aromatic N) is 3. The molecule has 0 saturated carbocycles. The second-order valence-electron chi connectivity index (χ2n) is 6.37. The van der Waals surface area contributed by atoms with E-state index in [1.54, 1.807) is 4.68 Å². The van der Waals surface area contributed by atoms with Gasteiger partial charge in [-0.1, -0.05) is 30.3 Å². The third kappa shape index (κ3) is 4.68. The first-order chi connectivity index (χ1) is 11.7. The van der Waals surface area contributed by atoms with Gasteiger partial charge in [-0.3, -0.25) is 9.48 Å². The lowest BCUT2D eigenvalue weighted by Gasteiger charge is -2.33. The van der Waals surface area contributed by atoms with Crippen LogP contribution >= 0.6 is 0 Å². The highest BCUT2D eigenvalue weighted by Crippen LogP contribution is 2.14. The molecule has 0 radical (unpaired) electrons. The van der Waals surface area contributed by atoms with Gasteiger partial charge < -0.3 is 9.64 Å². The minimum Gasteiger partial charge on any atom is -0.375 e. The van der Waals surface area contributed by atoms with Gasteiger partial charge in [0.15, 0.2) is 0 Å². The molecule has 1 atom stereocenters. The van der Waals surface area contributed by atoms with E-state index in [9.17, 15) is 4.79 Å². The fraction of sp³-hybridized carbons (Fsp3) is 0.474. The molecule has 1 saturated heterocycles. The van der Waals surface area contributed by atoms with Crippen molar-refractivity contribution in [3.05, 3.63) is 53.9 Å².